The van der Waals surface area contributed by atoms with Crippen LogP contribution < -0.4 is 0 Å². The fourth-order valence-electron chi connectivity index (χ4n) is 1.03. The maximum absolute atomic E-state index is 3.52. The standard InChI is InChI=1S/C8H10Br2/c9-6-2-4-7-3-1-5-8(7)10/h1,3,5,7H,2,4,6H2. The second-order valence-corrected chi connectivity index (χ2v) is 4.08. The van der Waals surface area contributed by atoms with Crippen LogP contribution in [0.15, 0.2) is 22.7 Å². The maximum Gasteiger partial charge on any atom is 0.00875 e. The quantitative estimate of drug-likeness (QED) is 0.684. The first-order valence-corrected chi connectivity index (χ1v) is 5.36. The second-order valence-electron chi connectivity index (χ2n) is 2.37. The Balaban J connectivity index is 2.29. The first kappa shape index (κ1) is 8.54. The molecule has 0 aliphatic heterocycles. The minimum absolute atomic E-state index is 0.651. The normalized spacial score (nSPS) is 23.4. The zero-order valence-electron chi connectivity index (χ0n) is 5.69. The lowest BCUT2D eigenvalue weighted by Gasteiger charge is -2.05. The highest BCUT2D eigenvalue weighted by Gasteiger charge is 2.10. The summed E-state index contributed by atoms with van der Waals surface area (Å²) in [6, 6.07) is 0. The van der Waals surface area contributed by atoms with E-state index >= 15 is 0 Å². The molecule has 1 unspecified atom stereocenters. The third-order valence-corrected chi connectivity index (χ3v) is 3.01. The van der Waals surface area contributed by atoms with E-state index in [1.807, 2.05) is 0 Å². The van der Waals surface area contributed by atoms with Gasteiger partial charge in [0.05, 0.1) is 0 Å². The average molecular weight is 266 g/mol. The highest BCUT2D eigenvalue weighted by Crippen LogP contribution is 2.28. The zero-order chi connectivity index (χ0) is 7.40. The number of rotatable bonds is 3. The van der Waals surface area contributed by atoms with Crippen LogP contribution >= 0.6 is 31.9 Å². The van der Waals surface area contributed by atoms with Crippen LogP contribution in [-0.2, 0) is 0 Å². The molecule has 0 saturated heterocycles. The van der Waals surface area contributed by atoms with Crippen molar-refractivity contribution < 1.29 is 0 Å². The summed E-state index contributed by atoms with van der Waals surface area (Å²) in [6.45, 7) is 0. The molecule has 1 aliphatic rings. The summed E-state index contributed by atoms with van der Waals surface area (Å²) in [5.74, 6) is 0.651. The van der Waals surface area contributed by atoms with Crippen LogP contribution in [0.1, 0.15) is 12.8 Å². The van der Waals surface area contributed by atoms with Gasteiger partial charge in [-0.3, -0.25) is 0 Å². The number of alkyl halides is 1. The molecule has 0 aromatic heterocycles. The Morgan fingerprint density at radius 2 is 2.30 bits per heavy atom. The Morgan fingerprint density at radius 3 is 2.80 bits per heavy atom. The first-order valence-electron chi connectivity index (χ1n) is 3.44. The Kier molecular flexibility index (Phi) is 3.71. The van der Waals surface area contributed by atoms with E-state index in [2.05, 4.69) is 50.1 Å². The SMILES string of the molecule is BrCCCC1C=CC=C1Br. The van der Waals surface area contributed by atoms with Gasteiger partial charge < -0.3 is 0 Å². The highest BCUT2D eigenvalue weighted by molar-refractivity contribution is 9.11. The predicted molar refractivity (Wildman–Crippen MR) is 52.7 cm³/mol. The molecule has 2 heteroatoms. The first-order chi connectivity index (χ1) is 4.84. The maximum atomic E-state index is 3.52. The van der Waals surface area contributed by atoms with Crippen LogP contribution in [0, 0.1) is 5.92 Å². The van der Waals surface area contributed by atoms with Crippen LogP contribution in [0.2, 0.25) is 0 Å². The van der Waals surface area contributed by atoms with Gasteiger partial charge in [-0.25, -0.2) is 0 Å². The van der Waals surface area contributed by atoms with Crippen molar-refractivity contribution in [2.45, 2.75) is 12.8 Å². The summed E-state index contributed by atoms with van der Waals surface area (Å²) >= 11 is 6.94. The second kappa shape index (κ2) is 4.35. The van der Waals surface area contributed by atoms with Crippen molar-refractivity contribution in [2.75, 3.05) is 5.33 Å². The van der Waals surface area contributed by atoms with Crippen LogP contribution in [0.3, 0.4) is 0 Å². The Hall–Kier alpha value is 0.440. The third kappa shape index (κ3) is 2.24. The largest absolute Gasteiger partial charge is 0.0928 e. The monoisotopic (exact) mass is 264 g/mol. The topological polar surface area (TPSA) is 0 Å². The molecule has 0 bridgehead atoms. The van der Waals surface area contributed by atoms with E-state index in [0.29, 0.717) is 5.92 Å². The summed E-state index contributed by atoms with van der Waals surface area (Å²) < 4.78 is 1.33. The molecule has 0 spiro atoms. The summed E-state index contributed by atoms with van der Waals surface area (Å²) in [4.78, 5) is 0. The fraction of sp³-hybridized carbons (Fsp3) is 0.500. The molecule has 0 amide bonds. The van der Waals surface area contributed by atoms with E-state index in [0.717, 1.165) is 5.33 Å². The van der Waals surface area contributed by atoms with E-state index in [-0.39, 0.29) is 0 Å². The van der Waals surface area contributed by atoms with E-state index in [1.165, 1.54) is 17.3 Å². The van der Waals surface area contributed by atoms with Crippen molar-refractivity contribution in [3.05, 3.63) is 22.7 Å². The van der Waals surface area contributed by atoms with Crippen molar-refractivity contribution in [3.8, 4) is 0 Å². The van der Waals surface area contributed by atoms with Crippen LogP contribution in [-0.4, -0.2) is 5.33 Å². The van der Waals surface area contributed by atoms with Crippen molar-refractivity contribution in [1.82, 2.24) is 0 Å². The van der Waals surface area contributed by atoms with E-state index in [4.69, 9.17) is 0 Å². The van der Waals surface area contributed by atoms with Gasteiger partial charge in [0, 0.05) is 15.7 Å². The minimum atomic E-state index is 0.651. The number of hydrogen-bond acceptors (Lipinski definition) is 0. The molecule has 0 N–H and O–H groups in total. The van der Waals surface area contributed by atoms with Gasteiger partial charge in [-0.15, -0.1) is 0 Å². The van der Waals surface area contributed by atoms with Gasteiger partial charge in [-0.2, -0.15) is 0 Å². The van der Waals surface area contributed by atoms with Crippen molar-refractivity contribution in [2.24, 2.45) is 5.92 Å². The number of halogens is 2. The van der Waals surface area contributed by atoms with Crippen molar-refractivity contribution in [3.63, 3.8) is 0 Å². The van der Waals surface area contributed by atoms with Gasteiger partial charge in [0.2, 0.25) is 0 Å². The molecule has 0 fully saturated rings. The molecule has 0 saturated carbocycles. The van der Waals surface area contributed by atoms with Crippen LogP contribution in [0.5, 0.6) is 0 Å². The van der Waals surface area contributed by atoms with Gasteiger partial charge in [0.25, 0.3) is 0 Å². The molecule has 0 nitrogen and oxygen atoms in total. The highest BCUT2D eigenvalue weighted by atomic mass is 79.9. The van der Waals surface area contributed by atoms with Gasteiger partial charge in [-0.05, 0) is 12.8 Å². The van der Waals surface area contributed by atoms with E-state index in [9.17, 15) is 0 Å². The molecule has 0 heterocycles. The van der Waals surface area contributed by atoms with Crippen molar-refractivity contribution >= 4 is 31.9 Å². The molecular formula is C8H10Br2. The predicted octanol–water partition coefficient (Wildman–Crippen LogP) is 3.63. The Morgan fingerprint density at radius 1 is 1.50 bits per heavy atom. The smallest absolute Gasteiger partial charge is 0.00875 e. The molecule has 0 aromatic rings. The van der Waals surface area contributed by atoms with Crippen molar-refractivity contribution in [1.29, 1.82) is 0 Å². The molecule has 1 atom stereocenters. The minimum Gasteiger partial charge on any atom is -0.0928 e. The summed E-state index contributed by atoms with van der Waals surface area (Å²) in [7, 11) is 0. The fourth-order valence-corrected chi connectivity index (χ4v) is 1.89. The zero-order valence-corrected chi connectivity index (χ0v) is 8.86. The Labute approximate surface area is 78.6 Å². The summed E-state index contributed by atoms with van der Waals surface area (Å²) in [5.41, 5.74) is 0. The van der Waals surface area contributed by atoms with E-state index in [1.54, 1.807) is 0 Å². The molecular weight excluding hydrogens is 256 g/mol. The van der Waals surface area contributed by atoms with Gasteiger partial charge in [0.15, 0.2) is 0 Å². The lowest BCUT2D eigenvalue weighted by Crippen LogP contribution is -1.92. The molecule has 0 radical (unpaired) electrons. The lowest BCUT2D eigenvalue weighted by atomic mass is 10.1. The summed E-state index contributed by atoms with van der Waals surface area (Å²) in [5, 5.41) is 1.11. The average Bonchev–Trinajstić information content (AvgIpc) is 2.31. The molecule has 1 aliphatic carbocycles. The van der Waals surface area contributed by atoms with Crippen LogP contribution in [0.4, 0.5) is 0 Å². The molecule has 1 rings (SSSR count). The lowest BCUT2D eigenvalue weighted by molar-refractivity contribution is 0.699. The third-order valence-electron chi connectivity index (χ3n) is 1.60. The van der Waals surface area contributed by atoms with E-state index < -0.39 is 0 Å². The van der Waals surface area contributed by atoms with Gasteiger partial charge in [0.1, 0.15) is 0 Å². The number of hydrogen-bond donors (Lipinski definition) is 0. The Bertz CT molecular complexity index is 159. The van der Waals surface area contributed by atoms with Gasteiger partial charge >= 0.3 is 0 Å². The number of allylic oxidation sites excluding steroid dienone is 4. The van der Waals surface area contributed by atoms with Crippen LogP contribution in [0.25, 0.3) is 0 Å². The molecule has 56 valence electrons. The molecule has 10 heavy (non-hydrogen) atoms. The molecule has 0 aromatic carbocycles. The summed E-state index contributed by atoms with van der Waals surface area (Å²) in [6.07, 6.45) is 8.98. The van der Waals surface area contributed by atoms with Gasteiger partial charge in [-0.1, -0.05) is 50.1 Å².